The van der Waals surface area contributed by atoms with E-state index < -0.39 is 0 Å². The van der Waals surface area contributed by atoms with Crippen LogP contribution in [0.1, 0.15) is 26.2 Å². The van der Waals surface area contributed by atoms with Crippen molar-refractivity contribution in [1.29, 1.82) is 0 Å². The van der Waals surface area contributed by atoms with Gasteiger partial charge in [-0.1, -0.05) is 56.2 Å². The van der Waals surface area contributed by atoms with Gasteiger partial charge in [0, 0.05) is 0 Å². The normalized spacial score (nSPS) is 12.6. The number of unbranched alkanes of at least 4 members (excludes halogenated alkanes) is 2. The zero-order valence-electron chi connectivity index (χ0n) is 9.04. The molecule has 0 unspecified atom stereocenters. The van der Waals surface area contributed by atoms with Crippen LogP contribution in [0.25, 0.3) is 0 Å². The van der Waals surface area contributed by atoms with Crippen molar-refractivity contribution in [2.24, 2.45) is 15.6 Å². The Kier molecular flexibility index (Phi) is 11.1. The summed E-state index contributed by atoms with van der Waals surface area (Å²) >= 11 is 0. The molecule has 0 aliphatic heterocycles. The molecule has 0 aromatic rings. The van der Waals surface area contributed by atoms with Gasteiger partial charge in [0.25, 0.3) is 0 Å². The second kappa shape index (κ2) is 12.4. The quantitative estimate of drug-likeness (QED) is 0.195. The van der Waals surface area contributed by atoms with Crippen molar-refractivity contribution >= 4 is 0 Å². The minimum atomic E-state index is 0.385. The summed E-state index contributed by atoms with van der Waals surface area (Å²) in [6, 6.07) is 0. The van der Waals surface area contributed by atoms with Crippen LogP contribution in [0.2, 0.25) is 0 Å². The van der Waals surface area contributed by atoms with Gasteiger partial charge in [0.15, 0.2) is 0 Å². The Morgan fingerprint density at radius 3 is 2.47 bits per heavy atom. The fourth-order valence-corrected chi connectivity index (χ4v) is 0.874. The number of rotatable bonds is 8. The van der Waals surface area contributed by atoms with Gasteiger partial charge < -0.3 is 0 Å². The van der Waals surface area contributed by atoms with Gasteiger partial charge in [-0.25, -0.2) is 0 Å². The maximum atomic E-state index is 9.51. The van der Waals surface area contributed by atoms with E-state index in [-0.39, 0.29) is 0 Å². The van der Waals surface area contributed by atoms with Gasteiger partial charge in [0.2, 0.25) is 0 Å². The summed E-state index contributed by atoms with van der Waals surface area (Å²) in [4.78, 5) is 9.51. The third-order valence-electron chi connectivity index (χ3n) is 1.62. The van der Waals surface area contributed by atoms with E-state index >= 15 is 0 Å². The zero-order chi connectivity index (χ0) is 11.2. The van der Waals surface area contributed by atoms with E-state index in [0.29, 0.717) is 6.54 Å². The Morgan fingerprint density at radius 1 is 1.07 bits per heavy atom. The molecular weight excluding hydrogens is 190 g/mol. The summed E-state index contributed by atoms with van der Waals surface area (Å²) in [6.07, 6.45) is 15.3. The maximum absolute atomic E-state index is 9.51. The Bertz CT molecular complexity index is 255. The van der Waals surface area contributed by atoms with Crippen LogP contribution in [0.3, 0.4) is 0 Å². The van der Waals surface area contributed by atoms with Gasteiger partial charge in [-0.05, 0) is 11.6 Å². The van der Waals surface area contributed by atoms with Gasteiger partial charge in [-0.3, -0.25) is 0 Å². The van der Waals surface area contributed by atoms with Crippen molar-refractivity contribution in [1.82, 2.24) is 0 Å². The Labute approximate surface area is 90.4 Å². The van der Waals surface area contributed by atoms with Gasteiger partial charge in [-0.2, -0.15) is 5.11 Å². The average Bonchev–Trinajstić information content (AvgIpc) is 2.26. The molecule has 0 saturated heterocycles. The van der Waals surface area contributed by atoms with Crippen LogP contribution >= 0.6 is 0 Å². The average molecular weight is 207 g/mol. The van der Waals surface area contributed by atoms with Gasteiger partial charge in [-0.15, -0.1) is 4.91 Å². The number of hydrogen-bond acceptors (Lipinski definition) is 2. The fourth-order valence-electron chi connectivity index (χ4n) is 0.874. The largest absolute Gasteiger partial charge is 0.162 e. The maximum Gasteiger partial charge on any atom is 0.100 e. The zero-order valence-corrected chi connectivity index (χ0v) is 9.04. The second-order valence-corrected chi connectivity index (χ2v) is 2.88. The van der Waals surface area contributed by atoms with Crippen LogP contribution in [0.5, 0.6) is 0 Å². The van der Waals surface area contributed by atoms with E-state index in [2.05, 4.69) is 28.6 Å². The molecule has 0 atom stereocenters. The molecule has 0 aromatic heterocycles. The van der Waals surface area contributed by atoms with Crippen LogP contribution in [-0.2, 0) is 0 Å². The molecule has 0 spiro atoms. The van der Waals surface area contributed by atoms with Crippen LogP contribution < -0.4 is 0 Å². The summed E-state index contributed by atoms with van der Waals surface area (Å²) in [5.74, 6) is 0. The number of allylic oxidation sites excluding steroid dienone is 5. The van der Waals surface area contributed by atoms with Crippen LogP contribution in [0, 0.1) is 4.91 Å². The molecule has 4 heteroatoms. The molecule has 15 heavy (non-hydrogen) atoms. The molecule has 0 rings (SSSR count). The van der Waals surface area contributed by atoms with E-state index in [0.717, 1.165) is 6.42 Å². The van der Waals surface area contributed by atoms with E-state index in [9.17, 15) is 4.91 Å². The molecule has 0 amide bonds. The SMILES string of the molecule is CCCCC=C/C=C/C=C/CN=NN=O. The van der Waals surface area contributed by atoms with Crippen LogP contribution in [0.4, 0.5) is 0 Å². The number of nitroso groups, excluding NO2 is 1. The highest BCUT2D eigenvalue weighted by Gasteiger charge is 1.75. The topological polar surface area (TPSA) is 54.1 Å². The van der Waals surface area contributed by atoms with Crippen molar-refractivity contribution in [2.75, 3.05) is 6.54 Å². The van der Waals surface area contributed by atoms with Crippen molar-refractivity contribution in [3.05, 3.63) is 41.4 Å². The third kappa shape index (κ3) is 12.4. The van der Waals surface area contributed by atoms with Crippen LogP contribution in [0.15, 0.2) is 52.1 Å². The van der Waals surface area contributed by atoms with Crippen molar-refractivity contribution < 1.29 is 0 Å². The molecule has 0 radical (unpaired) electrons. The van der Waals surface area contributed by atoms with Crippen LogP contribution in [-0.4, -0.2) is 6.54 Å². The van der Waals surface area contributed by atoms with E-state index in [1.165, 1.54) is 12.8 Å². The first-order chi connectivity index (χ1) is 7.41. The molecule has 82 valence electrons. The Hall–Kier alpha value is -1.58. The Morgan fingerprint density at radius 2 is 1.80 bits per heavy atom. The highest BCUT2D eigenvalue weighted by Crippen LogP contribution is 1.94. The highest BCUT2D eigenvalue weighted by molar-refractivity contribution is 5.11. The fraction of sp³-hybridized carbons (Fsp3) is 0.455. The van der Waals surface area contributed by atoms with E-state index in [1.54, 1.807) is 6.08 Å². The molecule has 0 aliphatic rings. The molecule has 0 aromatic carbocycles. The summed E-state index contributed by atoms with van der Waals surface area (Å²) in [5, 5.41) is 8.66. The number of nitrogens with zero attached hydrogens (tertiary/aromatic N) is 3. The molecule has 0 N–H and O–H groups in total. The monoisotopic (exact) mass is 207 g/mol. The molecule has 0 bridgehead atoms. The first-order valence-electron chi connectivity index (χ1n) is 5.09. The lowest BCUT2D eigenvalue weighted by atomic mass is 10.2. The Balaban J connectivity index is 3.48. The summed E-state index contributed by atoms with van der Waals surface area (Å²) in [6.45, 7) is 2.56. The minimum absolute atomic E-state index is 0.385. The van der Waals surface area contributed by atoms with Crippen molar-refractivity contribution in [3.63, 3.8) is 0 Å². The first-order valence-corrected chi connectivity index (χ1v) is 5.09. The molecule has 0 aliphatic carbocycles. The second-order valence-electron chi connectivity index (χ2n) is 2.88. The van der Waals surface area contributed by atoms with Gasteiger partial charge >= 0.3 is 0 Å². The minimum Gasteiger partial charge on any atom is -0.162 e. The van der Waals surface area contributed by atoms with Gasteiger partial charge in [0.05, 0.1) is 6.54 Å². The molecular formula is C11H17N3O. The molecule has 0 saturated carbocycles. The smallest absolute Gasteiger partial charge is 0.100 e. The molecule has 0 heterocycles. The summed E-state index contributed by atoms with van der Waals surface area (Å²) in [5.41, 5.74) is 0. The standard InChI is InChI=1S/C11H17N3O/c1-2-3-4-5-6-7-8-9-10-11-12-13-14-15/h5-10H,2-4,11H2,1H3/b6-5?,8-7+,10-9+,13-12?. The first kappa shape index (κ1) is 13.4. The van der Waals surface area contributed by atoms with E-state index in [1.807, 2.05) is 24.3 Å². The number of hydrogen-bond donors (Lipinski definition) is 0. The van der Waals surface area contributed by atoms with E-state index in [4.69, 9.17) is 0 Å². The van der Waals surface area contributed by atoms with Gasteiger partial charge in [0.1, 0.15) is 5.29 Å². The lowest BCUT2D eigenvalue weighted by Crippen LogP contribution is -1.66. The third-order valence-corrected chi connectivity index (χ3v) is 1.62. The van der Waals surface area contributed by atoms with Crippen molar-refractivity contribution in [3.8, 4) is 0 Å². The predicted molar refractivity (Wildman–Crippen MR) is 62.5 cm³/mol. The predicted octanol–water partition coefficient (Wildman–Crippen LogP) is 3.98. The summed E-state index contributed by atoms with van der Waals surface area (Å²) in [7, 11) is 0. The molecule has 0 fully saturated rings. The molecule has 4 nitrogen and oxygen atoms in total. The van der Waals surface area contributed by atoms with Crippen molar-refractivity contribution in [2.45, 2.75) is 26.2 Å². The lowest BCUT2D eigenvalue weighted by molar-refractivity contribution is 0.815. The summed E-state index contributed by atoms with van der Waals surface area (Å²) < 4.78 is 0. The lowest BCUT2D eigenvalue weighted by Gasteiger charge is -1.85. The highest BCUT2D eigenvalue weighted by atomic mass is 16.3.